The average Bonchev–Trinajstić information content (AvgIpc) is 2.41. The minimum Gasteiger partial charge on any atom is -0.496 e. The molecule has 0 unspecified atom stereocenters. The Labute approximate surface area is 111 Å². The second-order valence-electron chi connectivity index (χ2n) is 4.36. The summed E-state index contributed by atoms with van der Waals surface area (Å²) >= 11 is 0. The number of ether oxygens (including phenoxy) is 1. The SMILES string of the molecule is COc1c(-c2cncc(C(=O)O)c2)ccc(C)c1C. The zero-order chi connectivity index (χ0) is 14.0. The highest BCUT2D eigenvalue weighted by Crippen LogP contribution is 2.34. The van der Waals surface area contributed by atoms with Crippen molar-refractivity contribution in [3.05, 3.63) is 47.3 Å². The maximum Gasteiger partial charge on any atom is 0.337 e. The van der Waals surface area contributed by atoms with Gasteiger partial charge in [0.2, 0.25) is 0 Å². The van der Waals surface area contributed by atoms with Crippen LogP contribution in [0.2, 0.25) is 0 Å². The third kappa shape index (κ3) is 2.42. The van der Waals surface area contributed by atoms with Crippen LogP contribution in [0.15, 0.2) is 30.6 Å². The summed E-state index contributed by atoms with van der Waals surface area (Å²) in [7, 11) is 1.61. The molecule has 1 aromatic heterocycles. The molecule has 0 saturated heterocycles. The lowest BCUT2D eigenvalue weighted by Crippen LogP contribution is -1.99. The van der Waals surface area contributed by atoms with Gasteiger partial charge in [-0.3, -0.25) is 4.98 Å². The second kappa shape index (κ2) is 5.10. The summed E-state index contributed by atoms with van der Waals surface area (Å²) in [5.41, 5.74) is 3.92. The fourth-order valence-corrected chi connectivity index (χ4v) is 1.98. The Hall–Kier alpha value is -2.36. The lowest BCUT2D eigenvalue weighted by Gasteiger charge is -2.13. The number of aromatic nitrogens is 1. The van der Waals surface area contributed by atoms with Gasteiger partial charge in [-0.15, -0.1) is 0 Å². The van der Waals surface area contributed by atoms with Crippen LogP contribution < -0.4 is 4.74 Å². The largest absolute Gasteiger partial charge is 0.496 e. The minimum atomic E-state index is -0.989. The fourth-order valence-electron chi connectivity index (χ4n) is 1.98. The van der Waals surface area contributed by atoms with Crippen LogP contribution in [0.5, 0.6) is 5.75 Å². The summed E-state index contributed by atoms with van der Waals surface area (Å²) in [4.78, 5) is 15.0. The smallest absolute Gasteiger partial charge is 0.337 e. The summed E-state index contributed by atoms with van der Waals surface area (Å²) in [5, 5.41) is 9.01. The standard InChI is InChI=1S/C15H15NO3/c1-9-4-5-13(14(19-3)10(9)2)11-6-12(15(17)18)8-16-7-11/h4-8H,1-3H3,(H,17,18). The quantitative estimate of drug-likeness (QED) is 0.918. The van der Waals surface area contributed by atoms with Crippen LogP contribution in [0.4, 0.5) is 0 Å². The molecule has 0 bridgehead atoms. The van der Waals surface area contributed by atoms with Crippen molar-refractivity contribution in [3.63, 3.8) is 0 Å². The molecule has 19 heavy (non-hydrogen) atoms. The number of aromatic carboxylic acids is 1. The zero-order valence-corrected chi connectivity index (χ0v) is 11.1. The predicted molar refractivity (Wildman–Crippen MR) is 72.7 cm³/mol. The first-order chi connectivity index (χ1) is 9.04. The van der Waals surface area contributed by atoms with Gasteiger partial charge in [0.15, 0.2) is 0 Å². The molecule has 0 aliphatic heterocycles. The minimum absolute atomic E-state index is 0.165. The highest BCUT2D eigenvalue weighted by atomic mass is 16.5. The first-order valence-corrected chi connectivity index (χ1v) is 5.87. The van der Waals surface area contributed by atoms with E-state index in [0.717, 1.165) is 28.0 Å². The van der Waals surface area contributed by atoms with Gasteiger partial charge in [0, 0.05) is 23.5 Å². The van der Waals surface area contributed by atoms with Crippen LogP contribution >= 0.6 is 0 Å². The maximum absolute atomic E-state index is 11.0. The van der Waals surface area contributed by atoms with Crippen molar-refractivity contribution in [1.82, 2.24) is 4.98 Å². The van der Waals surface area contributed by atoms with Crippen LogP contribution in [0.25, 0.3) is 11.1 Å². The van der Waals surface area contributed by atoms with E-state index in [1.165, 1.54) is 6.20 Å². The molecule has 1 aromatic carbocycles. The summed E-state index contributed by atoms with van der Waals surface area (Å²) in [6.07, 6.45) is 2.97. The Morgan fingerprint density at radius 1 is 1.26 bits per heavy atom. The molecule has 0 aliphatic rings. The topological polar surface area (TPSA) is 59.4 Å². The van der Waals surface area contributed by atoms with Crippen molar-refractivity contribution in [2.24, 2.45) is 0 Å². The Morgan fingerprint density at radius 3 is 2.63 bits per heavy atom. The van der Waals surface area contributed by atoms with E-state index >= 15 is 0 Å². The number of methoxy groups -OCH3 is 1. The molecule has 2 aromatic rings. The van der Waals surface area contributed by atoms with Crippen LogP contribution in [0, 0.1) is 13.8 Å². The normalized spacial score (nSPS) is 10.3. The van der Waals surface area contributed by atoms with Crippen LogP contribution in [0.3, 0.4) is 0 Å². The van der Waals surface area contributed by atoms with Crippen molar-refractivity contribution in [2.75, 3.05) is 7.11 Å². The third-order valence-electron chi connectivity index (χ3n) is 3.18. The third-order valence-corrected chi connectivity index (χ3v) is 3.18. The number of nitrogens with zero attached hydrogens (tertiary/aromatic N) is 1. The van der Waals surface area contributed by atoms with Gasteiger partial charge in [-0.25, -0.2) is 4.79 Å². The number of carboxylic acids is 1. The van der Waals surface area contributed by atoms with E-state index < -0.39 is 5.97 Å². The van der Waals surface area contributed by atoms with Crippen molar-refractivity contribution in [2.45, 2.75) is 13.8 Å². The molecular formula is C15H15NO3. The van der Waals surface area contributed by atoms with Crippen molar-refractivity contribution in [1.29, 1.82) is 0 Å². The molecule has 0 atom stereocenters. The van der Waals surface area contributed by atoms with E-state index in [1.54, 1.807) is 19.4 Å². The van der Waals surface area contributed by atoms with Gasteiger partial charge in [0.05, 0.1) is 12.7 Å². The van der Waals surface area contributed by atoms with Gasteiger partial charge in [0.25, 0.3) is 0 Å². The van der Waals surface area contributed by atoms with Crippen molar-refractivity contribution in [3.8, 4) is 16.9 Å². The van der Waals surface area contributed by atoms with Crippen molar-refractivity contribution < 1.29 is 14.6 Å². The Kier molecular flexibility index (Phi) is 3.51. The average molecular weight is 257 g/mol. The lowest BCUT2D eigenvalue weighted by molar-refractivity contribution is 0.0696. The van der Waals surface area contributed by atoms with Crippen LogP contribution in [-0.4, -0.2) is 23.2 Å². The molecular weight excluding hydrogens is 242 g/mol. The van der Waals surface area contributed by atoms with E-state index in [2.05, 4.69) is 4.98 Å². The van der Waals surface area contributed by atoms with Crippen LogP contribution in [0.1, 0.15) is 21.5 Å². The fraction of sp³-hybridized carbons (Fsp3) is 0.200. The molecule has 0 aliphatic carbocycles. The number of benzene rings is 1. The summed E-state index contributed by atoms with van der Waals surface area (Å²) in [6, 6.07) is 5.51. The first-order valence-electron chi connectivity index (χ1n) is 5.87. The molecule has 0 radical (unpaired) electrons. The van der Waals surface area contributed by atoms with Gasteiger partial charge in [-0.05, 0) is 31.0 Å². The van der Waals surface area contributed by atoms with E-state index in [0.29, 0.717) is 0 Å². The van der Waals surface area contributed by atoms with E-state index in [9.17, 15) is 4.79 Å². The summed E-state index contributed by atoms with van der Waals surface area (Å²) < 4.78 is 5.44. The number of carboxylic acid groups (broad SMARTS) is 1. The zero-order valence-electron chi connectivity index (χ0n) is 11.1. The summed E-state index contributed by atoms with van der Waals surface area (Å²) in [6.45, 7) is 3.99. The monoisotopic (exact) mass is 257 g/mol. The number of carbonyl (C=O) groups is 1. The number of aryl methyl sites for hydroxylation is 1. The Morgan fingerprint density at radius 2 is 2.00 bits per heavy atom. The number of hydrogen-bond acceptors (Lipinski definition) is 3. The Bertz CT molecular complexity index is 635. The number of pyridine rings is 1. The van der Waals surface area contributed by atoms with Crippen LogP contribution in [-0.2, 0) is 0 Å². The lowest BCUT2D eigenvalue weighted by atomic mass is 9.99. The molecule has 0 fully saturated rings. The van der Waals surface area contributed by atoms with Gasteiger partial charge >= 0.3 is 5.97 Å². The molecule has 4 heteroatoms. The number of hydrogen-bond donors (Lipinski definition) is 1. The molecule has 98 valence electrons. The number of rotatable bonds is 3. The van der Waals surface area contributed by atoms with E-state index in [1.807, 2.05) is 26.0 Å². The second-order valence-corrected chi connectivity index (χ2v) is 4.36. The first kappa shape index (κ1) is 13.1. The van der Waals surface area contributed by atoms with E-state index in [-0.39, 0.29) is 5.56 Å². The Balaban J connectivity index is 2.62. The highest BCUT2D eigenvalue weighted by molar-refractivity contribution is 5.89. The maximum atomic E-state index is 11.0. The molecule has 0 spiro atoms. The van der Waals surface area contributed by atoms with Gasteiger partial charge in [0.1, 0.15) is 5.75 Å². The van der Waals surface area contributed by atoms with Gasteiger partial charge in [-0.2, -0.15) is 0 Å². The molecule has 2 rings (SSSR count). The molecule has 1 heterocycles. The molecule has 1 N–H and O–H groups in total. The van der Waals surface area contributed by atoms with Gasteiger partial charge < -0.3 is 9.84 Å². The van der Waals surface area contributed by atoms with E-state index in [4.69, 9.17) is 9.84 Å². The molecule has 0 saturated carbocycles. The predicted octanol–water partition coefficient (Wildman–Crippen LogP) is 3.07. The van der Waals surface area contributed by atoms with Gasteiger partial charge in [-0.1, -0.05) is 12.1 Å². The summed E-state index contributed by atoms with van der Waals surface area (Å²) in [5.74, 6) is -0.235. The molecule has 4 nitrogen and oxygen atoms in total. The highest BCUT2D eigenvalue weighted by Gasteiger charge is 2.12. The van der Waals surface area contributed by atoms with Crippen molar-refractivity contribution >= 4 is 5.97 Å². The molecule has 0 amide bonds.